The Morgan fingerprint density at radius 1 is 1.26 bits per heavy atom. The lowest BCUT2D eigenvalue weighted by molar-refractivity contribution is 0.449. The Morgan fingerprint density at radius 3 is 2.47 bits per heavy atom. The van der Waals surface area contributed by atoms with Crippen LogP contribution in [0.5, 0.6) is 0 Å². The third kappa shape index (κ3) is 2.22. The molecule has 3 rings (SSSR count). The first-order valence-corrected chi connectivity index (χ1v) is 7.04. The summed E-state index contributed by atoms with van der Waals surface area (Å²) in [6.45, 7) is 5.35. The SMILES string of the molecule is Cn1ccn(CC2(C3=CCC(C)(C)C=C3)CC2)c1=O. The Morgan fingerprint density at radius 2 is 2.00 bits per heavy atom. The van der Waals surface area contributed by atoms with Gasteiger partial charge in [-0.1, -0.05) is 32.1 Å². The van der Waals surface area contributed by atoms with Crippen LogP contribution in [0.1, 0.15) is 33.1 Å². The van der Waals surface area contributed by atoms with Gasteiger partial charge in [0.15, 0.2) is 0 Å². The Balaban J connectivity index is 1.82. The van der Waals surface area contributed by atoms with Crippen molar-refractivity contribution in [2.24, 2.45) is 17.9 Å². The van der Waals surface area contributed by atoms with Gasteiger partial charge in [0.05, 0.1) is 0 Å². The first kappa shape index (κ1) is 12.5. The van der Waals surface area contributed by atoms with E-state index in [4.69, 9.17) is 0 Å². The number of aryl methyl sites for hydroxylation is 1. The summed E-state index contributed by atoms with van der Waals surface area (Å²) in [5, 5.41) is 0. The summed E-state index contributed by atoms with van der Waals surface area (Å²) in [5.74, 6) is 0. The predicted molar refractivity (Wildman–Crippen MR) is 77.0 cm³/mol. The van der Waals surface area contributed by atoms with Crippen LogP contribution in [0.25, 0.3) is 0 Å². The minimum atomic E-state index is 0.0898. The maximum absolute atomic E-state index is 11.9. The van der Waals surface area contributed by atoms with Crippen molar-refractivity contribution in [3.8, 4) is 0 Å². The molecule has 0 saturated heterocycles. The minimum Gasteiger partial charge on any atom is -0.302 e. The van der Waals surface area contributed by atoms with Crippen molar-refractivity contribution in [2.75, 3.05) is 0 Å². The molecule has 19 heavy (non-hydrogen) atoms. The predicted octanol–water partition coefficient (Wildman–Crippen LogP) is 2.88. The molecule has 0 radical (unpaired) electrons. The van der Waals surface area contributed by atoms with E-state index < -0.39 is 0 Å². The van der Waals surface area contributed by atoms with Crippen molar-refractivity contribution >= 4 is 0 Å². The van der Waals surface area contributed by atoms with Gasteiger partial charge in [-0.25, -0.2) is 4.79 Å². The molecule has 1 saturated carbocycles. The van der Waals surface area contributed by atoms with Crippen LogP contribution in [0, 0.1) is 10.8 Å². The maximum atomic E-state index is 11.9. The second-order valence-corrected chi connectivity index (χ2v) is 6.79. The Labute approximate surface area is 114 Å². The van der Waals surface area contributed by atoms with Crippen LogP contribution in [0.15, 0.2) is 41.0 Å². The van der Waals surface area contributed by atoms with Gasteiger partial charge >= 0.3 is 5.69 Å². The molecule has 1 aromatic rings. The second-order valence-electron chi connectivity index (χ2n) is 6.79. The van der Waals surface area contributed by atoms with E-state index in [-0.39, 0.29) is 16.5 Å². The summed E-state index contributed by atoms with van der Waals surface area (Å²) >= 11 is 0. The lowest BCUT2D eigenvalue weighted by Crippen LogP contribution is -2.27. The lowest BCUT2D eigenvalue weighted by atomic mass is 9.80. The molecule has 0 aliphatic heterocycles. The van der Waals surface area contributed by atoms with Crippen molar-refractivity contribution in [3.05, 3.63) is 46.7 Å². The van der Waals surface area contributed by atoms with Gasteiger partial charge in [-0.05, 0) is 30.3 Å². The fraction of sp³-hybridized carbons (Fsp3) is 0.562. The fourth-order valence-electron chi connectivity index (χ4n) is 2.86. The highest BCUT2D eigenvalue weighted by atomic mass is 16.1. The van der Waals surface area contributed by atoms with E-state index >= 15 is 0 Å². The first-order chi connectivity index (χ1) is 8.92. The van der Waals surface area contributed by atoms with Gasteiger partial charge in [0.1, 0.15) is 0 Å². The summed E-state index contributed by atoms with van der Waals surface area (Å²) in [5.41, 5.74) is 2.02. The number of imidazole rings is 1. The summed E-state index contributed by atoms with van der Waals surface area (Å²) in [6, 6.07) is 0. The minimum absolute atomic E-state index is 0.0898. The van der Waals surface area contributed by atoms with Crippen LogP contribution in [0.2, 0.25) is 0 Å². The maximum Gasteiger partial charge on any atom is 0.327 e. The monoisotopic (exact) mass is 258 g/mol. The molecule has 0 atom stereocenters. The fourth-order valence-corrected chi connectivity index (χ4v) is 2.86. The van der Waals surface area contributed by atoms with Crippen molar-refractivity contribution < 1.29 is 0 Å². The number of hydrogen-bond acceptors (Lipinski definition) is 1. The molecule has 102 valence electrons. The third-order valence-electron chi connectivity index (χ3n) is 4.52. The average molecular weight is 258 g/mol. The van der Waals surface area contributed by atoms with Gasteiger partial charge in [-0.2, -0.15) is 0 Å². The Kier molecular flexibility index (Phi) is 2.63. The Bertz CT molecular complexity index is 609. The van der Waals surface area contributed by atoms with Gasteiger partial charge in [0.2, 0.25) is 0 Å². The zero-order valence-corrected chi connectivity index (χ0v) is 12.0. The zero-order chi connectivity index (χ0) is 13.7. The van der Waals surface area contributed by atoms with Crippen molar-refractivity contribution in [1.29, 1.82) is 0 Å². The van der Waals surface area contributed by atoms with E-state index in [0.29, 0.717) is 0 Å². The topological polar surface area (TPSA) is 26.9 Å². The van der Waals surface area contributed by atoms with Crippen LogP contribution in [-0.4, -0.2) is 9.13 Å². The van der Waals surface area contributed by atoms with Crippen LogP contribution in [0.4, 0.5) is 0 Å². The lowest BCUT2D eigenvalue weighted by Gasteiger charge is -2.26. The van der Waals surface area contributed by atoms with E-state index in [1.54, 1.807) is 11.6 Å². The van der Waals surface area contributed by atoms with Crippen molar-refractivity contribution in [1.82, 2.24) is 9.13 Å². The van der Waals surface area contributed by atoms with Gasteiger partial charge < -0.3 is 4.57 Å². The summed E-state index contributed by atoms with van der Waals surface area (Å²) in [7, 11) is 1.81. The van der Waals surface area contributed by atoms with E-state index in [1.165, 1.54) is 18.4 Å². The average Bonchev–Trinajstić information content (AvgIpc) is 3.07. The van der Waals surface area contributed by atoms with Gasteiger partial charge in [0, 0.05) is 31.4 Å². The molecule has 3 nitrogen and oxygen atoms in total. The van der Waals surface area contributed by atoms with Crippen LogP contribution in [0.3, 0.4) is 0 Å². The van der Waals surface area contributed by atoms with Gasteiger partial charge in [0.25, 0.3) is 0 Å². The molecule has 1 fully saturated rings. The molecule has 0 spiro atoms. The quantitative estimate of drug-likeness (QED) is 0.819. The second kappa shape index (κ2) is 3.99. The zero-order valence-electron chi connectivity index (χ0n) is 12.0. The van der Waals surface area contributed by atoms with Crippen LogP contribution >= 0.6 is 0 Å². The van der Waals surface area contributed by atoms with E-state index in [2.05, 4.69) is 32.1 Å². The molecule has 2 aliphatic rings. The summed E-state index contributed by atoms with van der Waals surface area (Å²) in [6.07, 6.45) is 14.2. The van der Waals surface area contributed by atoms with Gasteiger partial charge in [-0.15, -0.1) is 0 Å². The number of allylic oxidation sites excluding steroid dienone is 4. The number of nitrogens with zero attached hydrogens (tertiary/aromatic N) is 2. The van der Waals surface area contributed by atoms with Gasteiger partial charge in [-0.3, -0.25) is 4.57 Å². The Hall–Kier alpha value is -1.51. The molecule has 2 aliphatic carbocycles. The van der Waals surface area contributed by atoms with E-state index in [9.17, 15) is 4.79 Å². The highest BCUT2D eigenvalue weighted by Crippen LogP contribution is 2.55. The third-order valence-corrected chi connectivity index (χ3v) is 4.52. The smallest absolute Gasteiger partial charge is 0.302 e. The number of aromatic nitrogens is 2. The largest absolute Gasteiger partial charge is 0.327 e. The molecular weight excluding hydrogens is 236 g/mol. The summed E-state index contributed by atoms with van der Waals surface area (Å²) < 4.78 is 3.49. The molecule has 3 heteroatoms. The number of rotatable bonds is 3. The summed E-state index contributed by atoms with van der Waals surface area (Å²) in [4.78, 5) is 11.9. The standard InChI is InChI=1S/C16H22N2O/c1-15(2)6-4-13(5-7-15)16(8-9-16)12-18-11-10-17(3)14(18)19/h4-6,10-11H,7-9,12H2,1-3H3. The highest BCUT2D eigenvalue weighted by molar-refractivity contribution is 5.35. The highest BCUT2D eigenvalue weighted by Gasteiger charge is 2.46. The normalized spacial score (nSPS) is 23.2. The molecular formula is C16H22N2O. The van der Waals surface area contributed by atoms with Crippen molar-refractivity contribution in [2.45, 2.75) is 39.7 Å². The molecule has 0 bridgehead atoms. The van der Waals surface area contributed by atoms with Crippen molar-refractivity contribution in [3.63, 3.8) is 0 Å². The molecule has 1 aromatic heterocycles. The molecule has 0 unspecified atom stereocenters. The molecule has 0 N–H and O–H groups in total. The van der Waals surface area contributed by atoms with Crippen LogP contribution < -0.4 is 5.69 Å². The van der Waals surface area contributed by atoms with Crippen LogP contribution in [-0.2, 0) is 13.6 Å². The number of hydrogen-bond donors (Lipinski definition) is 0. The molecule has 0 amide bonds. The molecule has 0 aromatic carbocycles. The van der Waals surface area contributed by atoms with E-state index in [1.807, 2.05) is 17.0 Å². The van der Waals surface area contributed by atoms with E-state index in [0.717, 1.165) is 13.0 Å². The first-order valence-electron chi connectivity index (χ1n) is 7.04. The molecule has 1 heterocycles.